The topological polar surface area (TPSA) is 41.1 Å². The Hall–Kier alpha value is -0.550. The first kappa shape index (κ1) is 9.98. The molecule has 0 aromatic heterocycles. The van der Waals surface area contributed by atoms with Gasteiger partial charge in [0.15, 0.2) is 0 Å². The van der Waals surface area contributed by atoms with Gasteiger partial charge in [0.25, 0.3) is 0 Å². The molecular weight excluding hydrogens is 312 g/mol. The number of halogens is 2. The van der Waals surface area contributed by atoms with Crippen LogP contribution in [0, 0.1) is 0 Å². The van der Waals surface area contributed by atoms with E-state index in [2.05, 4.69) is 42.5 Å². The van der Waals surface area contributed by atoms with Crippen molar-refractivity contribution >= 4 is 37.9 Å². The Kier molecular flexibility index (Phi) is 2.78. The van der Waals surface area contributed by atoms with Gasteiger partial charge in [-0.15, -0.1) is 0 Å². The van der Waals surface area contributed by atoms with Gasteiger partial charge in [-0.05, 0) is 23.8 Å². The van der Waals surface area contributed by atoms with Crippen molar-refractivity contribution in [2.75, 3.05) is 6.54 Å². The average molecular weight is 320 g/mol. The Balaban J connectivity index is 2.27. The van der Waals surface area contributed by atoms with Crippen LogP contribution in [0.15, 0.2) is 27.1 Å². The molecule has 2 rings (SSSR count). The van der Waals surface area contributed by atoms with Crippen LogP contribution in [-0.2, 0) is 0 Å². The first-order valence-corrected chi connectivity index (χ1v) is 5.74. The molecule has 2 amide bonds. The molecule has 3 nitrogen and oxygen atoms in total. The zero-order valence-electron chi connectivity index (χ0n) is 7.18. The highest BCUT2D eigenvalue weighted by Gasteiger charge is 2.21. The molecule has 14 heavy (non-hydrogen) atoms. The Bertz CT molecular complexity index is 361. The Labute approximate surface area is 98.5 Å². The second-order valence-electron chi connectivity index (χ2n) is 3.11. The lowest BCUT2D eigenvalue weighted by molar-refractivity contribution is 0.247. The van der Waals surface area contributed by atoms with Gasteiger partial charge in [0.05, 0.1) is 6.04 Å². The van der Waals surface area contributed by atoms with E-state index < -0.39 is 0 Å². The number of benzene rings is 1. The molecular formula is C9H8Br2N2O. The summed E-state index contributed by atoms with van der Waals surface area (Å²) in [6.45, 7) is 0.641. The third-order valence-electron chi connectivity index (χ3n) is 2.06. The van der Waals surface area contributed by atoms with Gasteiger partial charge >= 0.3 is 6.03 Å². The maximum atomic E-state index is 11.0. The predicted octanol–water partition coefficient (Wildman–Crippen LogP) is 2.57. The van der Waals surface area contributed by atoms with Crippen molar-refractivity contribution in [1.82, 2.24) is 10.6 Å². The number of carbonyl (C=O) groups excluding carboxylic acids is 1. The van der Waals surface area contributed by atoms with E-state index in [9.17, 15) is 4.79 Å². The molecule has 1 aliphatic rings. The van der Waals surface area contributed by atoms with Gasteiger partial charge in [0.2, 0.25) is 0 Å². The Morgan fingerprint density at radius 2 is 1.86 bits per heavy atom. The van der Waals surface area contributed by atoms with E-state index in [1.54, 1.807) is 0 Å². The van der Waals surface area contributed by atoms with Crippen molar-refractivity contribution in [3.8, 4) is 0 Å². The average Bonchev–Trinajstić information content (AvgIpc) is 2.50. The molecule has 74 valence electrons. The van der Waals surface area contributed by atoms with Crippen LogP contribution in [0.1, 0.15) is 11.6 Å². The van der Waals surface area contributed by atoms with Crippen LogP contribution in [0.5, 0.6) is 0 Å². The van der Waals surface area contributed by atoms with Crippen LogP contribution in [0.25, 0.3) is 0 Å². The van der Waals surface area contributed by atoms with E-state index in [4.69, 9.17) is 0 Å². The summed E-state index contributed by atoms with van der Waals surface area (Å²) in [6.07, 6.45) is 0. The molecule has 0 unspecified atom stereocenters. The molecule has 5 heteroatoms. The van der Waals surface area contributed by atoms with Crippen LogP contribution in [-0.4, -0.2) is 12.6 Å². The van der Waals surface area contributed by atoms with Crippen molar-refractivity contribution in [1.29, 1.82) is 0 Å². The lowest BCUT2D eigenvalue weighted by Crippen LogP contribution is -2.21. The zero-order chi connectivity index (χ0) is 10.1. The number of hydrogen-bond acceptors (Lipinski definition) is 1. The second-order valence-corrected chi connectivity index (χ2v) is 4.94. The number of hydrogen-bond donors (Lipinski definition) is 2. The number of amides is 2. The first-order chi connectivity index (χ1) is 6.65. The Morgan fingerprint density at radius 3 is 2.36 bits per heavy atom. The van der Waals surface area contributed by atoms with Crippen molar-refractivity contribution in [3.05, 3.63) is 32.7 Å². The van der Waals surface area contributed by atoms with Crippen LogP contribution < -0.4 is 10.6 Å². The molecule has 1 saturated heterocycles. The molecule has 1 aromatic carbocycles. The van der Waals surface area contributed by atoms with E-state index in [-0.39, 0.29) is 12.1 Å². The van der Waals surface area contributed by atoms with E-state index in [1.165, 1.54) is 0 Å². The summed E-state index contributed by atoms with van der Waals surface area (Å²) >= 11 is 6.82. The van der Waals surface area contributed by atoms with Gasteiger partial charge in [-0.2, -0.15) is 0 Å². The largest absolute Gasteiger partial charge is 0.336 e. The van der Waals surface area contributed by atoms with Crippen molar-refractivity contribution in [2.45, 2.75) is 6.04 Å². The Morgan fingerprint density at radius 1 is 1.21 bits per heavy atom. The molecule has 0 spiro atoms. The zero-order valence-corrected chi connectivity index (χ0v) is 10.4. The SMILES string of the molecule is O=C1NC[C@H](c2cc(Br)cc(Br)c2)N1. The van der Waals surface area contributed by atoms with Crippen LogP contribution in [0.4, 0.5) is 4.79 Å². The van der Waals surface area contributed by atoms with Crippen molar-refractivity contribution in [2.24, 2.45) is 0 Å². The highest BCUT2D eigenvalue weighted by atomic mass is 79.9. The number of nitrogens with one attached hydrogen (secondary N) is 2. The molecule has 2 N–H and O–H groups in total. The molecule has 1 atom stereocenters. The standard InChI is InChI=1S/C9H8Br2N2O/c10-6-1-5(2-7(11)3-6)8-4-12-9(14)13-8/h1-3,8H,4H2,(H2,12,13,14)/t8-/m1/s1. The minimum Gasteiger partial charge on any atom is -0.336 e. The highest BCUT2D eigenvalue weighted by Crippen LogP contribution is 2.24. The summed E-state index contributed by atoms with van der Waals surface area (Å²) in [5, 5.41) is 5.56. The third-order valence-corrected chi connectivity index (χ3v) is 2.97. The normalized spacial score (nSPS) is 20.4. The van der Waals surface area contributed by atoms with E-state index >= 15 is 0 Å². The molecule has 1 aromatic rings. The van der Waals surface area contributed by atoms with E-state index in [0.717, 1.165) is 14.5 Å². The lowest BCUT2D eigenvalue weighted by Gasteiger charge is -2.09. The minimum absolute atomic E-state index is 0.0660. The third kappa shape index (κ3) is 2.09. The van der Waals surface area contributed by atoms with Crippen molar-refractivity contribution in [3.63, 3.8) is 0 Å². The number of carbonyl (C=O) groups is 1. The maximum Gasteiger partial charge on any atom is 0.315 e. The molecule has 1 heterocycles. The summed E-state index contributed by atoms with van der Waals surface area (Å²) in [7, 11) is 0. The fourth-order valence-corrected chi connectivity index (χ4v) is 2.76. The summed E-state index contributed by atoms with van der Waals surface area (Å²) in [5.41, 5.74) is 1.09. The summed E-state index contributed by atoms with van der Waals surface area (Å²) < 4.78 is 2.01. The highest BCUT2D eigenvalue weighted by molar-refractivity contribution is 9.11. The van der Waals surface area contributed by atoms with Crippen LogP contribution >= 0.6 is 31.9 Å². The molecule has 0 bridgehead atoms. The molecule has 1 fully saturated rings. The summed E-state index contributed by atoms with van der Waals surface area (Å²) in [5.74, 6) is 0. The maximum absolute atomic E-state index is 11.0. The van der Waals surface area contributed by atoms with Gasteiger partial charge in [0.1, 0.15) is 0 Å². The van der Waals surface area contributed by atoms with Crippen LogP contribution in [0.2, 0.25) is 0 Å². The van der Waals surface area contributed by atoms with Gasteiger partial charge in [-0.25, -0.2) is 4.79 Å². The fraction of sp³-hybridized carbons (Fsp3) is 0.222. The minimum atomic E-state index is -0.105. The van der Waals surface area contributed by atoms with Crippen molar-refractivity contribution < 1.29 is 4.79 Å². The van der Waals surface area contributed by atoms with E-state index in [1.807, 2.05) is 18.2 Å². The van der Waals surface area contributed by atoms with Crippen LogP contribution in [0.3, 0.4) is 0 Å². The summed E-state index contributed by atoms with van der Waals surface area (Å²) in [6, 6.07) is 5.93. The number of urea groups is 1. The number of rotatable bonds is 1. The summed E-state index contributed by atoms with van der Waals surface area (Å²) in [4.78, 5) is 11.0. The second kappa shape index (κ2) is 3.90. The lowest BCUT2D eigenvalue weighted by atomic mass is 10.1. The molecule has 1 aliphatic heterocycles. The quantitative estimate of drug-likeness (QED) is 0.820. The fourth-order valence-electron chi connectivity index (χ4n) is 1.43. The van der Waals surface area contributed by atoms with Gasteiger partial charge in [-0.1, -0.05) is 31.9 Å². The first-order valence-electron chi connectivity index (χ1n) is 4.15. The van der Waals surface area contributed by atoms with Gasteiger partial charge < -0.3 is 10.6 Å². The van der Waals surface area contributed by atoms with Gasteiger partial charge in [-0.3, -0.25) is 0 Å². The smallest absolute Gasteiger partial charge is 0.315 e. The van der Waals surface area contributed by atoms with Gasteiger partial charge in [0, 0.05) is 15.5 Å². The monoisotopic (exact) mass is 318 g/mol. The molecule has 0 radical (unpaired) electrons. The molecule has 0 saturated carbocycles. The predicted molar refractivity (Wildman–Crippen MR) is 61.1 cm³/mol. The molecule has 0 aliphatic carbocycles. The van der Waals surface area contributed by atoms with E-state index in [0.29, 0.717) is 6.54 Å².